The Morgan fingerprint density at radius 3 is 2.62 bits per heavy atom. The first-order valence-corrected chi connectivity index (χ1v) is 6.02. The quantitative estimate of drug-likeness (QED) is 0.751. The fraction of sp³-hybridized carbons (Fsp3) is 0.833. The van der Waals surface area contributed by atoms with E-state index in [1.54, 1.807) is 6.92 Å². The Morgan fingerprint density at radius 2 is 2.12 bits per heavy atom. The lowest BCUT2D eigenvalue weighted by Gasteiger charge is -2.34. The number of nitrogens with two attached hydrogens (primary N) is 1. The number of nitriles is 1. The van der Waals surface area contributed by atoms with E-state index in [1.807, 2.05) is 0 Å². The minimum Gasteiger partial charge on any atom is -0.354 e. The third-order valence-corrected chi connectivity index (χ3v) is 3.47. The first-order chi connectivity index (χ1) is 7.64. The van der Waals surface area contributed by atoms with Crippen molar-refractivity contribution in [2.24, 2.45) is 17.1 Å². The van der Waals surface area contributed by atoms with Crippen LogP contribution in [0.4, 0.5) is 0 Å². The number of hydrogen-bond acceptors (Lipinski definition) is 3. The summed E-state index contributed by atoms with van der Waals surface area (Å²) in [7, 11) is 0. The number of nitrogens with one attached hydrogen (secondary N) is 1. The highest BCUT2D eigenvalue weighted by Gasteiger charge is 2.37. The van der Waals surface area contributed by atoms with E-state index >= 15 is 0 Å². The van der Waals surface area contributed by atoms with E-state index in [0.717, 1.165) is 25.7 Å². The Bertz CT molecular complexity index is 276. The van der Waals surface area contributed by atoms with Crippen LogP contribution in [-0.4, -0.2) is 19.0 Å². The molecule has 0 spiro atoms. The molecule has 0 saturated heterocycles. The Kier molecular flexibility index (Phi) is 4.75. The van der Waals surface area contributed by atoms with Crippen molar-refractivity contribution in [2.45, 2.75) is 39.0 Å². The zero-order valence-corrected chi connectivity index (χ0v) is 9.96. The molecule has 1 rings (SSSR count). The Morgan fingerprint density at radius 1 is 1.50 bits per heavy atom. The van der Waals surface area contributed by atoms with Crippen LogP contribution in [0.15, 0.2) is 0 Å². The van der Waals surface area contributed by atoms with Gasteiger partial charge < -0.3 is 11.1 Å². The van der Waals surface area contributed by atoms with Crippen molar-refractivity contribution in [3.8, 4) is 6.07 Å². The van der Waals surface area contributed by atoms with Gasteiger partial charge in [-0.3, -0.25) is 4.79 Å². The van der Waals surface area contributed by atoms with E-state index in [0.29, 0.717) is 13.1 Å². The summed E-state index contributed by atoms with van der Waals surface area (Å²) in [4.78, 5) is 12.1. The van der Waals surface area contributed by atoms with E-state index in [4.69, 9.17) is 11.0 Å². The molecule has 4 nitrogen and oxygen atoms in total. The molecule has 1 aliphatic rings. The summed E-state index contributed by atoms with van der Waals surface area (Å²) in [5.41, 5.74) is 5.38. The van der Waals surface area contributed by atoms with E-state index in [9.17, 15) is 4.79 Å². The van der Waals surface area contributed by atoms with Crippen LogP contribution in [0.2, 0.25) is 0 Å². The fourth-order valence-electron chi connectivity index (χ4n) is 2.23. The fourth-order valence-corrected chi connectivity index (χ4v) is 2.23. The topological polar surface area (TPSA) is 78.9 Å². The average molecular weight is 223 g/mol. The van der Waals surface area contributed by atoms with Gasteiger partial charge in [-0.25, -0.2) is 0 Å². The van der Waals surface area contributed by atoms with Crippen molar-refractivity contribution in [3.63, 3.8) is 0 Å². The molecule has 0 aromatic rings. The maximum Gasteiger partial charge on any atom is 0.227 e. The van der Waals surface area contributed by atoms with E-state index in [2.05, 4.69) is 11.4 Å². The van der Waals surface area contributed by atoms with Gasteiger partial charge in [-0.15, -0.1) is 0 Å². The maximum atomic E-state index is 12.1. The van der Waals surface area contributed by atoms with Gasteiger partial charge in [0, 0.05) is 13.1 Å². The third-order valence-electron chi connectivity index (χ3n) is 3.47. The lowest BCUT2D eigenvalue weighted by Crippen LogP contribution is -2.48. The largest absolute Gasteiger partial charge is 0.354 e. The molecule has 90 valence electrons. The summed E-state index contributed by atoms with van der Waals surface area (Å²) >= 11 is 0. The number of nitrogens with zero attached hydrogens (tertiary/aromatic N) is 1. The minimum absolute atomic E-state index is 0.0387. The monoisotopic (exact) mass is 223 g/mol. The number of rotatable bonds is 4. The Balaban J connectivity index is 2.52. The molecule has 1 fully saturated rings. The first-order valence-electron chi connectivity index (χ1n) is 6.02. The van der Waals surface area contributed by atoms with E-state index in [-0.39, 0.29) is 17.2 Å². The summed E-state index contributed by atoms with van der Waals surface area (Å²) in [6.45, 7) is 2.65. The summed E-state index contributed by atoms with van der Waals surface area (Å²) in [5, 5.41) is 11.5. The van der Waals surface area contributed by atoms with Gasteiger partial charge in [0.15, 0.2) is 0 Å². The van der Waals surface area contributed by atoms with Gasteiger partial charge in [0.25, 0.3) is 0 Å². The molecule has 4 heteroatoms. The lowest BCUT2D eigenvalue weighted by atomic mass is 9.73. The molecule has 1 amide bonds. The second-order valence-electron chi connectivity index (χ2n) is 4.79. The normalized spacial score (nSPS) is 20.8. The van der Waals surface area contributed by atoms with Crippen LogP contribution in [0, 0.1) is 22.7 Å². The van der Waals surface area contributed by atoms with E-state index < -0.39 is 0 Å². The van der Waals surface area contributed by atoms with Crippen molar-refractivity contribution < 1.29 is 4.79 Å². The van der Waals surface area contributed by atoms with Crippen LogP contribution >= 0.6 is 0 Å². The maximum absolute atomic E-state index is 12.1. The summed E-state index contributed by atoms with van der Waals surface area (Å²) < 4.78 is 0. The Labute approximate surface area is 97.2 Å². The zero-order chi connectivity index (χ0) is 12.0. The van der Waals surface area contributed by atoms with Crippen LogP contribution in [0.1, 0.15) is 39.0 Å². The van der Waals surface area contributed by atoms with Crippen molar-refractivity contribution in [1.82, 2.24) is 5.32 Å². The molecule has 0 aromatic heterocycles. The summed E-state index contributed by atoms with van der Waals surface area (Å²) in [5.74, 6) is -0.0980. The molecule has 0 aromatic carbocycles. The molecular formula is C12H21N3O. The van der Waals surface area contributed by atoms with Crippen LogP contribution in [0.5, 0.6) is 0 Å². The second-order valence-corrected chi connectivity index (χ2v) is 4.79. The van der Waals surface area contributed by atoms with Crippen LogP contribution in [-0.2, 0) is 4.79 Å². The number of amides is 1. The standard InChI is InChI=1S/C12H21N3O/c1-10(7-13)8-15-11(16)12(9-14)5-3-2-4-6-12/h10H,2-6,8-9,14H2,1H3,(H,15,16). The highest BCUT2D eigenvalue weighted by Crippen LogP contribution is 2.35. The predicted molar refractivity (Wildman–Crippen MR) is 62.4 cm³/mol. The molecular weight excluding hydrogens is 202 g/mol. The van der Waals surface area contributed by atoms with Crippen molar-refractivity contribution in [3.05, 3.63) is 0 Å². The van der Waals surface area contributed by atoms with Crippen LogP contribution in [0.25, 0.3) is 0 Å². The average Bonchev–Trinajstić information content (AvgIpc) is 2.36. The molecule has 1 aliphatic carbocycles. The minimum atomic E-state index is -0.368. The molecule has 0 radical (unpaired) electrons. The zero-order valence-electron chi connectivity index (χ0n) is 9.96. The molecule has 1 unspecified atom stereocenters. The highest BCUT2D eigenvalue weighted by atomic mass is 16.2. The molecule has 3 N–H and O–H groups in total. The van der Waals surface area contributed by atoms with Gasteiger partial charge in [-0.05, 0) is 19.8 Å². The molecule has 0 aliphatic heterocycles. The molecule has 0 bridgehead atoms. The summed E-state index contributed by atoms with van der Waals surface area (Å²) in [6.07, 6.45) is 5.13. The number of hydrogen-bond donors (Lipinski definition) is 2. The second kappa shape index (κ2) is 5.86. The molecule has 1 saturated carbocycles. The molecule has 0 heterocycles. The van der Waals surface area contributed by atoms with Gasteiger partial charge in [0.2, 0.25) is 5.91 Å². The first kappa shape index (κ1) is 13.0. The van der Waals surface area contributed by atoms with E-state index in [1.165, 1.54) is 6.42 Å². The van der Waals surface area contributed by atoms with Gasteiger partial charge in [-0.1, -0.05) is 19.3 Å². The van der Waals surface area contributed by atoms with Gasteiger partial charge in [0.05, 0.1) is 17.4 Å². The van der Waals surface area contributed by atoms with Gasteiger partial charge >= 0.3 is 0 Å². The molecule has 16 heavy (non-hydrogen) atoms. The number of carbonyl (C=O) groups is 1. The van der Waals surface area contributed by atoms with Crippen molar-refractivity contribution in [2.75, 3.05) is 13.1 Å². The summed E-state index contributed by atoms with van der Waals surface area (Å²) in [6, 6.07) is 2.11. The Hall–Kier alpha value is -1.08. The van der Waals surface area contributed by atoms with Crippen LogP contribution in [0.3, 0.4) is 0 Å². The third kappa shape index (κ3) is 2.96. The SMILES string of the molecule is CC(C#N)CNC(=O)C1(CN)CCCCC1. The van der Waals surface area contributed by atoms with Crippen molar-refractivity contribution in [1.29, 1.82) is 5.26 Å². The smallest absolute Gasteiger partial charge is 0.227 e. The molecule has 1 atom stereocenters. The van der Waals surface area contributed by atoms with Gasteiger partial charge in [-0.2, -0.15) is 5.26 Å². The lowest BCUT2D eigenvalue weighted by molar-refractivity contribution is -0.132. The number of carbonyl (C=O) groups excluding carboxylic acids is 1. The van der Waals surface area contributed by atoms with Crippen LogP contribution < -0.4 is 11.1 Å². The highest BCUT2D eigenvalue weighted by molar-refractivity contribution is 5.83. The van der Waals surface area contributed by atoms with Gasteiger partial charge in [0.1, 0.15) is 0 Å². The predicted octanol–water partition coefficient (Wildman–Crippen LogP) is 1.17. The van der Waals surface area contributed by atoms with Crippen molar-refractivity contribution >= 4 is 5.91 Å².